The molecule has 0 aromatic heterocycles. The molecular formula is C115H116O18. The maximum Gasteiger partial charge on any atom is 0.385 e. The summed E-state index contributed by atoms with van der Waals surface area (Å²) < 4.78 is 73.9. The number of aliphatic hydroxyl groups excluding tert-OH is 4. The van der Waals surface area contributed by atoms with Crippen molar-refractivity contribution in [2.45, 2.75) is 340 Å². The zero-order valence-electron chi connectivity index (χ0n) is 77.9. The lowest BCUT2D eigenvalue weighted by molar-refractivity contribution is -0.344. The van der Waals surface area contributed by atoms with E-state index in [0.29, 0.717) is 13.0 Å². The highest BCUT2D eigenvalue weighted by molar-refractivity contribution is 5.89. The van der Waals surface area contributed by atoms with E-state index in [1.54, 1.807) is 27.7 Å². The summed E-state index contributed by atoms with van der Waals surface area (Å²) in [7, 11) is 0. The average Bonchev–Trinajstić information content (AvgIpc) is 1.79. The Balaban J connectivity index is 0.000000473. The first-order chi connectivity index (χ1) is 64.8. The first-order valence-corrected chi connectivity index (χ1v) is 45.3. The molecule has 17 atom stereocenters. The van der Waals surface area contributed by atoms with Crippen LogP contribution >= 0.6 is 0 Å². The van der Waals surface area contributed by atoms with Gasteiger partial charge in [0.15, 0.2) is 42.7 Å². The Morgan fingerprint density at radius 1 is 0.368 bits per heavy atom. The second kappa shape index (κ2) is 69.9. The summed E-state index contributed by atoms with van der Waals surface area (Å²) in [6, 6.07) is 9.90. The molecule has 5 aliphatic rings. The van der Waals surface area contributed by atoms with Gasteiger partial charge in [0, 0.05) is 94.4 Å². The Morgan fingerprint density at radius 3 is 1.00 bits per heavy atom. The van der Waals surface area contributed by atoms with Crippen LogP contribution in [0.5, 0.6) is 0 Å². The van der Waals surface area contributed by atoms with Crippen molar-refractivity contribution in [3.8, 4) is 284 Å². The third kappa shape index (κ3) is 49.2. The van der Waals surface area contributed by atoms with Crippen molar-refractivity contribution in [3.05, 3.63) is 35.9 Å². The highest BCUT2D eigenvalue weighted by Crippen LogP contribution is 2.41. The molecule has 684 valence electrons. The number of rotatable bonds is 38. The van der Waals surface area contributed by atoms with E-state index < -0.39 is 104 Å². The van der Waals surface area contributed by atoms with E-state index >= 15 is 0 Å². The van der Waals surface area contributed by atoms with Crippen LogP contribution in [0.4, 0.5) is 0 Å². The van der Waals surface area contributed by atoms with Gasteiger partial charge in [-0.25, -0.2) is 9.59 Å². The van der Waals surface area contributed by atoms with Crippen molar-refractivity contribution in [2.24, 2.45) is 11.8 Å². The minimum atomic E-state index is -1.65. The molecule has 0 saturated carbocycles. The van der Waals surface area contributed by atoms with Crippen molar-refractivity contribution < 1.29 is 86.9 Å². The zero-order valence-corrected chi connectivity index (χ0v) is 77.9. The quantitative estimate of drug-likeness (QED) is 0.0209. The fourth-order valence-electron chi connectivity index (χ4n) is 14.0. The molecule has 0 bridgehead atoms. The van der Waals surface area contributed by atoms with Gasteiger partial charge in [0.1, 0.15) is 42.7 Å². The average molecular weight is 1790 g/mol. The van der Waals surface area contributed by atoms with Gasteiger partial charge in [0.2, 0.25) is 0 Å². The van der Waals surface area contributed by atoms with Gasteiger partial charge in [-0.05, 0) is 250 Å². The molecule has 6 rings (SSSR count). The van der Waals surface area contributed by atoms with E-state index in [1.807, 2.05) is 44.2 Å². The van der Waals surface area contributed by atoms with Crippen LogP contribution in [-0.2, 0) is 66.4 Å². The van der Waals surface area contributed by atoms with Gasteiger partial charge in [0.05, 0.1) is 44.7 Å². The van der Waals surface area contributed by atoms with Gasteiger partial charge < -0.3 is 77.3 Å². The zero-order chi connectivity index (χ0) is 95.7. The SMILES string of the molecule is CC#CC#CC#CC#CC#CC#CC#CC#CC#CC#CC#CC#CC(=O)O[C@@H](COC1OC(CO)C(O)C(O)C1O)[C@@H]1OC(C)(C)O[C@@H]1CCCCCCCCCCCCCC.CC#CC#CC#CC#CC#CC#CC#CC#CC#CC#CC#CC#CC(=O)O[C@@H](COC1OC2COC(c3ccccc3)OC2C(C)C1C)[C@@H]1OC(C)(C)O[C@@H]1CCCCCCCCCCCCCC. The Labute approximate surface area is 792 Å². The highest BCUT2D eigenvalue weighted by Gasteiger charge is 2.51. The second-order valence-corrected chi connectivity index (χ2v) is 31.6. The number of esters is 2. The van der Waals surface area contributed by atoms with Crippen LogP contribution in [0, 0.1) is 296 Å². The van der Waals surface area contributed by atoms with E-state index in [0.717, 1.165) is 44.1 Å². The summed E-state index contributed by atoms with van der Waals surface area (Å²) in [6.07, 6.45) is 17.5. The number of ether oxygens (including phenoxy) is 12. The predicted octanol–water partition coefficient (Wildman–Crippen LogP) is 12.1. The van der Waals surface area contributed by atoms with Crippen LogP contribution in [0.1, 0.15) is 248 Å². The summed E-state index contributed by atoms with van der Waals surface area (Å²) in [5, 5.41) is 40.6. The molecule has 1 aromatic rings. The van der Waals surface area contributed by atoms with Crippen LogP contribution in [0.2, 0.25) is 0 Å². The van der Waals surface area contributed by atoms with E-state index in [-0.39, 0.29) is 43.4 Å². The summed E-state index contributed by atoms with van der Waals surface area (Å²) in [5.74, 6) is 117. The molecule has 0 amide bonds. The minimum absolute atomic E-state index is 0.00800. The minimum Gasteiger partial charge on any atom is -0.447 e. The van der Waals surface area contributed by atoms with Crippen molar-refractivity contribution >= 4 is 11.9 Å². The normalized spacial score (nSPS) is 21.5. The Kier molecular flexibility index (Phi) is 58.1. The number of carbonyl (C=O) groups is 2. The predicted molar refractivity (Wildman–Crippen MR) is 509 cm³/mol. The van der Waals surface area contributed by atoms with Gasteiger partial charge in [-0.3, -0.25) is 0 Å². The van der Waals surface area contributed by atoms with Gasteiger partial charge >= 0.3 is 11.9 Å². The summed E-state index contributed by atoms with van der Waals surface area (Å²) in [6.45, 7) is 18.7. The van der Waals surface area contributed by atoms with Crippen LogP contribution in [0.25, 0.3) is 0 Å². The summed E-state index contributed by atoms with van der Waals surface area (Å²) in [5.41, 5.74) is 0.961. The maximum absolute atomic E-state index is 13.3. The number of hydrogen-bond donors (Lipinski definition) is 4. The van der Waals surface area contributed by atoms with Crippen molar-refractivity contribution in [2.75, 3.05) is 26.4 Å². The molecule has 0 aliphatic carbocycles. The molecule has 5 heterocycles. The van der Waals surface area contributed by atoms with Crippen molar-refractivity contribution in [1.82, 2.24) is 0 Å². The van der Waals surface area contributed by atoms with E-state index in [4.69, 9.17) is 56.8 Å². The highest BCUT2D eigenvalue weighted by atomic mass is 16.8. The third-order valence-corrected chi connectivity index (χ3v) is 20.5. The van der Waals surface area contributed by atoms with E-state index in [9.17, 15) is 30.0 Å². The lowest BCUT2D eigenvalue weighted by atomic mass is 9.84. The Hall–Kier alpha value is -13.0. The number of fused-ring (bicyclic) bond motifs is 1. The van der Waals surface area contributed by atoms with E-state index in [1.165, 1.54) is 122 Å². The molecule has 1 aromatic carbocycles. The van der Waals surface area contributed by atoms with Crippen molar-refractivity contribution in [3.63, 3.8) is 0 Å². The van der Waals surface area contributed by atoms with Crippen LogP contribution in [-0.4, -0.2) is 156 Å². The maximum atomic E-state index is 13.3. The monoisotopic (exact) mass is 1780 g/mol. The summed E-state index contributed by atoms with van der Waals surface area (Å²) in [4.78, 5) is 26.2. The fourth-order valence-corrected chi connectivity index (χ4v) is 14.0. The first kappa shape index (κ1) is 111. The number of unbranched alkanes of at least 4 members (excludes halogenated alkanes) is 22. The van der Waals surface area contributed by atoms with Gasteiger partial charge in [-0.2, -0.15) is 0 Å². The molecule has 5 aliphatic heterocycles. The van der Waals surface area contributed by atoms with Gasteiger partial charge in [0.25, 0.3) is 0 Å². The third-order valence-electron chi connectivity index (χ3n) is 20.5. The van der Waals surface area contributed by atoms with Crippen molar-refractivity contribution in [1.29, 1.82) is 0 Å². The van der Waals surface area contributed by atoms with Crippen LogP contribution in [0.3, 0.4) is 0 Å². The molecule has 4 N–H and O–H groups in total. The molecule has 18 heteroatoms. The summed E-state index contributed by atoms with van der Waals surface area (Å²) >= 11 is 0. The Morgan fingerprint density at radius 2 is 0.677 bits per heavy atom. The number of hydrogen-bond acceptors (Lipinski definition) is 18. The van der Waals surface area contributed by atoms with Crippen LogP contribution in [0.15, 0.2) is 30.3 Å². The molecule has 133 heavy (non-hydrogen) atoms. The number of aliphatic hydroxyl groups is 4. The molecule has 5 saturated heterocycles. The standard InChI is InChI=1S/C62H62O8.C53H54O10/c1-7-9-11-13-15-17-19-21-22-23-24-25-26-27-28-29-30-31-33-35-37-39-44-48-57(63)66-56(59-54(69-62(5,6)70-59)47-43-38-36-34-32-20-18-16-14-12-10-8-2)50-64-60-52(4)51(3)58-55(67-60)49-65-61(68-58)53-45-41-40-42-46-53;1-5-7-9-11-13-15-17-19-20-21-22-23-24-25-26-27-28-29-31-33-35-37-39-41-47(55)60-46(43-59-52-50(58)49(57)48(56)45(42-54)61-52)51-44(62-53(3,4)63-51)40-38-36-34-32-30-18-16-14-12-10-8-6-2/h40-42,45-46,51-52,54-56,58-61H,8,10,12,14,16,18,20,32,34,36,38,43,47,49-50H2,1-6H3;44-46,48-52,54,56-58H,6,8,10,12,14,16,18,30,32,34,36,38,40,42-43H2,1-4H3/t51?,52?,54-,55?,56+,58?,59-,60?,61?;44-,45?,46+,48?,49?,50?,51-,52?/m11/s1. The lowest BCUT2D eigenvalue weighted by Gasteiger charge is -2.48. The van der Waals surface area contributed by atoms with E-state index in [2.05, 4.69) is 312 Å². The molecule has 18 nitrogen and oxygen atoms in total. The molecule has 0 spiro atoms. The topological polar surface area (TPSA) is 226 Å². The van der Waals surface area contributed by atoms with Gasteiger partial charge in [-0.1, -0.05) is 224 Å². The lowest BCUT2D eigenvalue weighted by Crippen LogP contribution is -2.59. The molecular weight excluding hydrogens is 1670 g/mol. The number of carbonyl (C=O) groups excluding carboxylic acids is 2. The fraction of sp³-hybridized carbons (Fsp3) is 0.513. The molecule has 0 radical (unpaired) electrons. The number of benzene rings is 1. The molecule has 5 fully saturated rings. The largest absolute Gasteiger partial charge is 0.447 e. The van der Waals surface area contributed by atoms with Gasteiger partial charge in [-0.15, -0.1) is 0 Å². The second-order valence-electron chi connectivity index (χ2n) is 31.6. The molecule has 11 unspecified atom stereocenters. The Bertz CT molecular complexity index is 5640. The van der Waals surface area contributed by atoms with Crippen LogP contribution < -0.4 is 0 Å². The smallest absolute Gasteiger partial charge is 0.385 e. The first-order valence-electron chi connectivity index (χ1n) is 45.3.